The normalized spacial score (nSPS) is 12.5. The van der Waals surface area contributed by atoms with E-state index in [0.29, 0.717) is 5.56 Å². The van der Waals surface area contributed by atoms with Crippen molar-refractivity contribution in [3.05, 3.63) is 70.8 Å². The molecule has 0 saturated carbocycles. The van der Waals surface area contributed by atoms with E-state index in [-0.39, 0.29) is 17.4 Å². The van der Waals surface area contributed by atoms with Crippen molar-refractivity contribution in [1.29, 1.82) is 0 Å². The van der Waals surface area contributed by atoms with Crippen molar-refractivity contribution in [2.75, 3.05) is 0 Å². The van der Waals surface area contributed by atoms with Crippen LogP contribution in [0.5, 0.6) is 0 Å². The molecule has 1 unspecified atom stereocenters. The van der Waals surface area contributed by atoms with E-state index in [9.17, 15) is 4.79 Å². The monoisotopic (exact) mass is 385 g/mol. The minimum atomic E-state index is -0.347. The quantitative estimate of drug-likeness (QED) is 0.455. The first-order chi connectivity index (χ1) is 12.1. The van der Waals surface area contributed by atoms with Crippen LogP contribution in [0.3, 0.4) is 0 Å². The summed E-state index contributed by atoms with van der Waals surface area (Å²) in [5.41, 5.74) is 3.71. The highest BCUT2D eigenvalue weighted by Crippen LogP contribution is 2.32. The second kappa shape index (κ2) is 8.36. The van der Waals surface area contributed by atoms with Gasteiger partial charge in [-0.15, -0.1) is 0 Å². The van der Waals surface area contributed by atoms with Gasteiger partial charge in [0, 0.05) is 17.0 Å². The average molecular weight is 386 g/mol. The maximum Gasteiger partial charge on any atom is 0.264 e. The van der Waals surface area contributed by atoms with Crippen molar-refractivity contribution in [3.63, 3.8) is 0 Å². The van der Waals surface area contributed by atoms with Crippen molar-refractivity contribution in [3.8, 4) is 0 Å². The van der Waals surface area contributed by atoms with E-state index in [1.165, 1.54) is 11.9 Å². The molecule has 0 N–H and O–H groups in total. The van der Waals surface area contributed by atoms with E-state index in [1.54, 1.807) is 0 Å². The zero-order valence-corrected chi connectivity index (χ0v) is 18.0. The van der Waals surface area contributed by atoms with Gasteiger partial charge in [0.15, 0.2) is 0 Å². The molecular weight excluding hydrogens is 358 g/mol. The number of hydrogen-bond acceptors (Lipinski definition) is 3. The molecule has 1 amide bonds. The number of amides is 1. The van der Waals surface area contributed by atoms with Gasteiger partial charge < -0.3 is 0 Å². The van der Waals surface area contributed by atoms with Crippen LogP contribution in [-0.2, 0) is 0 Å². The van der Waals surface area contributed by atoms with Gasteiger partial charge in [-0.2, -0.15) is 0 Å². The van der Waals surface area contributed by atoms with E-state index in [4.69, 9.17) is 12.2 Å². The van der Waals surface area contributed by atoms with Gasteiger partial charge in [-0.25, -0.2) is 0 Å². The number of aryl methyl sites for hydroxylation is 2. The van der Waals surface area contributed by atoms with Gasteiger partial charge in [-0.05, 0) is 64.3 Å². The highest BCUT2D eigenvalue weighted by Gasteiger charge is 2.31. The predicted molar refractivity (Wildman–Crippen MR) is 117 cm³/mol. The van der Waals surface area contributed by atoms with Crippen molar-refractivity contribution in [1.82, 2.24) is 4.31 Å². The summed E-state index contributed by atoms with van der Waals surface area (Å²) in [6.07, 6.45) is 0. The minimum Gasteiger partial charge on any atom is -0.272 e. The lowest BCUT2D eigenvalue weighted by Crippen LogP contribution is -2.41. The standard InChI is InChI=1S/C22H27NOS2/c1-15-12-16(2)14-19(13-15)20(24)23(22(4,5)6)26-21(25)17(3)18-10-8-7-9-11-18/h7-14,17H,1-6H3. The van der Waals surface area contributed by atoms with Crippen LogP contribution in [0, 0.1) is 13.8 Å². The van der Waals surface area contributed by atoms with Crippen molar-refractivity contribution in [2.45, 2.75) is 53.0 Å². The highest BCUT2D eigenvalue weighted by atomic mass is 32.2. The second-order valence-corrected chi connectivity index (χ2v) is 9.38. The number of benzene rings is 2. The molecule has 0 radical (unpaired) electrons. The summed E-state index contributed by atoms with van der Waals surface area (Å²) in [6, 6.07) is 16.1. The number of nitrogens with zero attached hydrogens (tertiary/aromatic N) is 1. The zero-order chi connectivity index (χ0) is 19.5. The van der Waals surface area contributed by atoms with E-state index in [1.807, 2.05) is 69.3 Å². The Morgan fingerprint density at radius 2 is 1.58 bits per heavy atom. The van der Waals surface area contributed by atoms with Gasteiger partial charge in [0.1, 0.15) is 0 Å². The molecule has 0 aliphatic heterocycles. The topological polar surface area (TPSA) is 20.3 Å². The summed E-state index contributed by atoms with van der Waals surface area (Å²) < 4.78 is 2.60. The molecular formula is C22H27NOS2. The SMILES string of the molecule is Cc1cc(C)cc(C(=O)N(SC(=S)C(C)c2ccccc2)C(C)(C)C)c1. The fourth-order valence-electron chi connectivity index (χ4n) is 2.75. The van der Waals surface area contributed by atoms with Crippen LogP contribution >= 0.6 is 24.2 Å². The third-order valence-corrected chi connectivity index (χ3v) is 6.10. The number of hydrogen-bond donors (Lipinski definition) is 0. The molecule has 0 aliphatic carbocycles. The highest BCUT2D eigenvalue weighted by molar-refractivity contribution is 8.22. The number of rotatable bonds is 3. The molecule has 2 aromatic rings. The average Bonchev–Trinajstić information content (AvgIpc) is 2.57. The molecule has 0 fully saturated rings. The number of carbonyl (C=O) groups excluding carboxylic acids is 1. The summed E-state index contributed by atoms with van der Waals surface area (Å²) in [4.78, 5) is 13.2. The van der Waals surface area contributed by atoms with E-state index in [0.717, 1.165) is 20.9 Å². The van der Waals surface area contributed by atoms with Crippen LogP contribution in [0.25, 0.3) is 0 Å². The molecule has 0 aliphatic rings. The summed E-state index contributed by atoms with van der Waals surface area (Å²) in [6.45, 7) is 12.2. The van der Waals surface area contributed by atoms with E-state index >= 15 is 0 Å². The van der Waals surface area contributed by atoms with Crippen molar-refractivity contribution in [2.24, 2.45) is 0 Å². The fourth-order valence-corrected chi connectivity index (χ4v) is 4.04. The summed E-state index contributed by atoms with van der Waals surface area (Å²) in [7, 11) is 0. The molecule has 0 saturated heterocycles. The van der Waals surface area contributed by atoms with Gasteiger partial charge in [0.25, 0.3) is 5.91 Å². The fraction of sp³-hybridized carbons (Fsp3) is 0.364. The Balaban J connectivity index is 2.28. The molecule has 2 aromatic carbocycles. The molecule has 0 spiro atoms. The molecule has 2 rings (SSSR count). The largest absolute Gasteiger partial charge is 0.272 e. The molecule has 1 atom stereocenters. The summed E-state index contributed by atoms with van der Waals surface area (Å²) in [5, 5.41) is 0. The third-order valence-electron chi connectivity index (χ3n) is 4.10. The lowest BCUT2D eigenvalue weighted by atomic mass is 10.0. The minimum absolute atomic E-state index is 0.00286. The van der Waals surface area contributed by atoms with Gasteiger partial charge in [0.2, 0.25) is 0 Å². The van der Waals surface area contributed by atoms with E-state index < -0.39 is 0 Å². The Kier molecular flexibility index (Phi) is 6.64. The number of carbonyl (C=O) groups is 1. The van der Waals surface area contributed by atoms with Crippen LogP contribution in [0.2, 0.25) is 0 Å². The molecule has 26 heavy (non-hydrogen) atoms. The van der Waals surface area contributed by atoms with Crippen LogP contribution in [-0.4, -0.2) is 19.9 Å². The van der Waals surface area contributed by atoms with Crippen LogP contribution < -0.4 is 0 Å². The lowest BCUT2D eigenvalue weighted by molar-refractivity contribution is 0.0793. The summed E-state index contributed by atoms with van der Waals surface area (Å²) >= 11 is 7.08. The molecule has 138 valence electrons. The van der Waals surface area contributed by atoms with Crippen molar-refractivity contribution < 1.29 is 4.79 Å². The Morgan fingerprint density at radius 1 is 1.04 bits per heavy atom. The first-order valence-electron chi connectivity index (χ1n) is 8.79. The Hall–Kier alpha value is -1.65. The van der Waals surface area contributed by atoms with Gasteiger partial charge >= 0.3 is 0 Å². The second-order valence-electron chi connectivity index (χ2n) is 7.69. The molecule has 0 aromatic heterocycles. The predicted octanol–water partition coefficient (Wildman–Crippen LogP) is 6.32. The van der Waals surface area contributed by atoms with Gasteiger partial charge in [-0.3, -0.25) is 9.10 Å². The third kappa shape index (κ3) is 5.18. The van der Waals surface area contributed by atoms with E-state index in [2.05, 4.69) is 25.1 Å². The number of thiocarbonyl (C=S) groups is 1. The molecule has 0 bridgehead atoms. The summed E-state index contributed by atoms with van der Waals surface area (Å²) in [5.74, 6) is 0.0880. The smallest absolute Gasteiger partial charge is 0.264 e. The first kappa shape index (κ1) is 20.7. The Labute approximate surface area is 167 Å². The Morgan fingerprint density at radius 3 is 2.08 bits per heavy atom. The maximum absolute atomic E-state index is 13.2. The molecule has 0 heterocycles. The van der Waals surface area contributed by atoms with Crippen LogP contribution in [0.4, 0.5) is 0 Å². The first-order valence-corrected chi connectivity index (χ1v) is 9.97. The van der Waals surface area contributed by atoms with Crippen LogP contribution in [0.1, 0.15) is 60.7 Å². The van der Waals surface area contributed by atoms with Gasteiger partial charge in [0.05, 0.1) is 4.20 Å². The van der Waals surface area contributed by atoms with Crippen molar-refractivity contribution >= 4 is 34.3 Å². The zero-order valence-electron chi connectivity index (χ0n) is 16.4. The maximum atomic E-state index is 13.2. The molecule has 4 heteroatoms. The van der Waals surface area contributed by atoms with Gasteiger partial charge in [-0.1, -0.05) is 66.7 Å². The van der Waals surface area contributed by atoms with Crippen LogP contribution in [0.15, 0.2) is 48.5 Å². The lowest BCUT2D eigenvalue weighted by Gasteiger charge is -2.35. The molecule has 2 nitrogen and oxygen atoms in total. The Bertz CT molecular complexity index is 773.